The summed E-state index contributed by atoms with van der Waals surface area (Å²) in [5.41, 5.74) is 7.55. The zero-order valence-electron chi connectivity index (χ0n) is 11.5. The van der Waals surface area contributed by atoms with Crippen LogP contribution in [0.4, 0.5) is 5.82 Å². The molecule has 110 valence electrons. The van der Waals surface area contributed by atoms with Crippen LogP contribution in [-0.4, -0.2) is 47.5 Å². The highest BCUT2D eigenvalue weighted by Crippen LogP contribution is 2.24. The molecule has 1 aliphatic rings. The maximum atomic E-state index is 9.26. The monoisotopic (exact) mass is 303 g/mol. The fourth-order valence-corrected chi connectivity index (χ4v) is 2.73. The van der Waals surface area contributed by atoms with Crippen LogP contribution in [0.15, 0.2) is 30.3 Å². The molecule has 0 bridgehead atoms. The summed E-state index contributed by atoms with van der Waals surface area (Å²) in [6, 6.07) is 9.73. The lowest BCUT2D eigenvalue weighted by molar-refractivity contribution is 0.00338. The van der Waals surface area contributed by atoms with E-state index in [2.05, 4.69) is 9.88 Å². The van der Waals surface area contributed by atoms with Gasteiger partial charge in [0.15, 0.2) is 0 Å². The largest absolute Gasteiger partial charge is 0.394 e. The highest BCUT2D eigenvalue weighted by atomic mass is 32.1. The van der Waals surface area contributed by atoms with Crippen LogP contribution in [0.5, 0.6) is 0 Å². The third-order valence-electron chi connectivity index (χ3n) is 3.63. The number of aromatic nitrogens is 1. The molecule has 1 aliphatic heterocycles. The molecule has 2 heterocycles. The zero-order valence-corrected chi connectivity index (χ0v) is 12.3. The number of thiocarbonyl (C=S) groups is 1. The third-order valence-corrected chi connectivity index (χ3v) is 3.85. The minimum absolute atomic E-state index is 0.00619. The molecule has 5 nitrogen and oxygen atoms in total. The van der Waals surface area contributed by atoms with Crippen LogP contribution in [0.1, 0.15) is 5.56 Å². The molecule has 0 spiro atoms. The van der Waals surface area contributed by atoms with E-state index in [1.54, 1.807) is 0 Å². The standard InChI is InChI=1S/C15H17N3O2S/c16-15(21)12-7-14(17-13-4-2-1-3-11(12)13)18-5-6-20-10(8-18)9-19/h1-4,7,10,19H,5-6,8-9H2,(H2,16,21). The molecule has 1 atom stereocenters. The van der Waals surface area contributed by atoms with Crippen molar-refractivity contribution in [1.29, 1.82) is 0 Å². The Morgan fingerprint density at radius 1 is 1.48 bits per heavy atom. The molecule has 0 amide bonds. The fraction of sp³-hybridized carbons (Fsp3) is 0.333. The van der Waals surface area contributed by atoms with E-state index in [1.807, 2.05) is 30.3 Å². The van der Waals surface area contributed by atoms with Crippen molar-refractivity contribution in [2.24, 2.45) is 5.73 Å². The summed E-state index contributed by atoms with van der Waals surface area (Å²) in [5, 5.41) is 10.2. The number of para-hydroxylation sites is 1. The first kappa shape index (κ1) is 14.2. The summed E-state index contributed by atoms with van der Waals surface area (Å²) in [6.45, 7) is 1.92. The first-order chi connectivity index (χ1) is 10.2. The Bertz CT molecular complexity index is 677. The van der Waals surface area contributed by atoms with E-state index in [-0.39, 0.29) is 12.7 Å². The molecule has 21 heavy (non-hydrogen) atoms. The van der Waals surface area contributed by atoms with Gasteiger partial charge in [0.05, 0.1) is 24.8 Å². The van der Waals surface area contributed by atoms with Crippen molar-refractivity contribution in [3.8, 4) is 0 Å². The van der Waals surface area contributed by atoms with Gasteiger partial charge in [-0.15, -0.1) is 0 Å². The van der Waals surface area contributed by atoms with Crippen LogP contribution in [0.25, 0.3) is 10.9 Å². The molecule has 1 aromatic carbocycles. The number of rotatable bonds is 3. The van der Waals surface area contributed by atoms with E-state index in [0.717, 1.165) is 28.8 Å². The Hall–Kier alpha value is -1.76. The molecule has 1 fully saturated rings. The Kier molecular flexibility index (Phi) is 4.01. The van der Waals surface area contributed by atoms with E-state index in [9.17, 15) is 5.11 Å². The van der Waals surface area contributed by atoms with Crippen molar-refractivity contribution < 1.29 is 9.84 Å². The second kappa shape index (κ2) is 5.93. The van der Waals surface area contributed by atoms with Gasteiger partial charge in [0.25, 0.3) is 0 Å². The summed E-state index contributed by atoms with van der Waals surface area (Å²) in [6.07, 6.45) is -0.180. The number of aliphatic hydroxyl groups is 1. The first-order valence-electron chi connectivity index (χ1n) is 6.86. The lowest BCUT2D eigenvalue weighted by Crippen LogP contribution is -2.44. The number of anilines is 1. The maximum Gasteiger partial charge on any atom is 0.130 e. The van der Waals surface area contributed by atoms with Crippen LogP contribution in [0.3, 0.4) is 0 Å². The number of morpholine rings is 1. The van der Waals surface area contributed by atoms with Crippen LogP contribution < -0.4 is 10.6 Å². The summed E-state index contributed by atoms with van der Waals surface area (Å²) in [7, 11) is 0. The van der Waals surface area contributed by atoms with Crippen molar-refractivity contribution in [3.63, 3.8) is 0 Å². The van der Waals surface area contributed by atoms with Gasteiger partial charge in [0, 0.05) is 24.0 Å². The SMILES string of the molecule is NC(=S)c1cc(N2CCOC(CO)C2)nc2ccccc12. The zero-order chi connectivity index (χ0) is 14.8. The predicted octanol–water partition coefficient (Wildman–Crippen LogP) is 1.07. The summed E-state index contributed by atoms with van der Waals surface area (Å²) < 4.78 is 5.47. The van der Waals surface area contributed by atoms with Gasteiger partial charge in [0.2, 0.25) is 0 Å². The molecule has 2 aromatic rings. The number of pyridine rings is 1. The lowest BCUT2D eigenvalue weighted by atomic mass is 10.1. The number of aliphatic hydroxyl groups excluding tert-OH is 1. The van der Waals surface area contributed by atoms with Crippen molar-refractivity contribution in [1.82, 2.24) is 4.98 Å². The van der Waals surface area contributed by atoms with E-state index in [1.165, 1.54) is 0 Å². The van der Waals surface area contributed by atoms with Gasteiger partial charge < -0.3 is 20.5 Å². The third kappa shape index (κ3) is 2.83. The van der Waals surface area contributed by atoms with Gasteiger partial charge in [-0.25, -0.2) is 4.98 Å². The number of nitrogens with zero attached hydrogens (tertiary/aromatic N) is 2. The molecular formula is C15H17N3O2S. The van der Waals surface area contributed by atoms with E-state index in [4.69, 9.17) is 22.7 Å². The highest BCUT2D eigenvalue weighted by Gasteiger charge is 2.22. The minimum atomic E-state index is -0.180. The van der Waals surface area contributed by atoms with Crippen molar-refractivity contribution >= 4 is 33.9 Å². The van der Waals surface area contributed by atoms with Crippen LogP contribution in [0.2, 0.25) is 0 Å². The van der Waals surface area contributed by atoms with Crippen molar-refractivity contribution in [3.05, 3.63) is 35.9 Å². The molecule has 6 heteroatoms. The van der Waals surface area contributed by atoms with Crippen LogP contribution in [-0.2, 0) is 4.74 Å². The Labute approximate surface area is 128 Å². The molecular weight excluding hydrogens is 286 g/mol. The summed E-state index contributed by atoms with van der Waals surface area (Å²) in [4.78, 5) is 7.14. The molecule has 3 N–H and O–H groups in total. The fourth-order valence-electron chi connectivity index (χ4n) is 2.57. The minimum Gasteiger partial charge on any atom is -0.394 e. The van der Waals surface area contributed by atoms with Crippen molar-refractivity contribution in [2.75, 3.05) is 31.2 Å². The molecule has 1 unspecified atom stereocenters. The molecule has 0 saturated carbocycles. The summed E-state index contributed by atoms with van der Waals surface area (Å²) >= 11 is 5.16. The smallest absolute Gasteiger partial charge is 0.130 e. The van der Waals surface area contributed by atoms with E-state index >= 15 is 0 Å². The Balaban J connectivity index is 2.04. The quantitative estimate of drug-likeness (QED) is 0.826. The average Bonchev–Trinajstić information content (AvgIpc) is 2.53. The number of benzene rings is 1. The Morgan fingerprint density at radius 3 is 3.05 bits per heavy atom. The maximum absolute atomic E-state index is 9.26. The normalized spacial score (nSPS) is 18.9. The van der Waals surface area contributed by atoms with E-state index in [0.29, 0.717) is 18.1 Å². The predicted molar refractivity (Wildman–Crippen MR) is 86.7 cm³/mol. The van der Waals surface area contributed by atoms with Gasteiger partial charge in [-0.1, -0.05) is 30.4 Å². The second-order valence-electron chi connectivity index (χ2n) is 5.03. The number of fused-ring (bicyclic) bond motifs is 1. The average molecular weight is 303 g/mol. The van der Waals surface area contributed by atoms with Crippen LogP contribution >= 0.6 is 12.2 Å². The number of nitrogens with two attached hydrogens (primary N) is 1. The molecule has 0 radical (unpaired) electrons. The topological polar surface area (TPSA) is 71.6 Å². The van der Waals surface area contributed by atoms with Crippen molar-refractivity contribution in [2.45, 2.75) is 6.10 Å². The first-order valence-corrected chi connectivity index (χ1v) is 7.27. The highest BCUT2D eigenvalue weighted by molar-refractivity contribution is 7.80. The van der Waals surface area contributed by atoms with Gasteiger partial charge in [-0.05, 0) is 12.1 Å². The van der Waals surface area contributed by atoms with Crippen LogP contribution in [0, 0.1) is 0 Å². The lowest BCUT2D eigenvalue weighted by Gasteiger charge is -2.33. The van der Waals surface area contributed by atoms with Gasteiger partial charge >= 0.3 is 0 Å². The number of ether oxygens (including phenoxy) is 1. The summed E-state index contributed by atoms with van der Waals surface area (Å²) in [5.74, 6) is 0.818. The molecule has 0 aliphatic carbocycles. The van der Waals surface area contributed by atoms with Gasteiger partial charge in [-0.2, -0.15) is 0 Å². The Morgan fingerprint density at radius 2 is 2.29 bits per heavy atom. The number of hydrogen-bond donors (Lipinski definition) is 2. The molecule has 1 saturated heterocycles. The van der Waals surface area contributed by atoms with E-state index < -0.39 is 0 Å². The van der Waals surface area contributed by atoms with Gasteiger partial charge in [0.1, 0.15) is 10.8 Å². The molecule has 3 rings (SSSR count). The molecule has 1 aromatic heterocycles. The second-order valence-corrected chi connectivity index (χ2v) is 5.47. The van der Waals surface area contributed by atoms with Gasteiger partial charge in [-0.3, -0.25) is 0 Å². The number of hydrogen-bond acceptors (Lipinski definition) is 5.